The summed E-state index contributed by atoms with van der Waals surface area (Å²) in [6.45, 7) is 5.68. The van der Waals surface area contributed by atoms with Gasteiger partial charge in [-0.2, -0.15) is 0 Å². The van der Waals surface area contributed by atoms with Gasteiger partial charge in [-0.25, -0.2) is 0 Å². The Morgan fingerprint density at radius 1 is 1.22 bits per heavy atom. The molecule has 0 aromatic heterocycles. The SMILES string of the molecule is Cc1cc(NC(=O)c2ccc([N+](=O)[O-])cc2)c(C(C)C)cc1O. The molecule has 0 bridgehead atoms. The van der Waals surface area contributed by atoms with Crippen LogP contribution in [0, 0.1) is 17.0 Å². The molecule has 0 atom stereocenters. The molecular weight excluding hydrogens is 296 g/mol. The Balaban J connectivity index is 2.29. The van der Waals surface area contributed by atoms with Crippen molar-refractivity contribution in [2.75, 3.05) is 5.32 Å². The Kier molecular flexibility index (Phi) is 4.64. The number of carbonyl (C=O) groups excluding carboxylic acids is 1. The minimum absolute atomic E-state index is 0.0649. The first-order valence-electron chi connectivity index (χ1n) is 7.19. The van der Waals surface area contributed by atoms with Crippen molar-refractivity contribution in [2.45, 2.75) is 26.7 Å². The Hall–Kier alpha value is -2.89. The molecule has 2 aromatic carbocycles. The number of hydrogen-bond donors (Lipinski definition) is 2. The van der Waals surface area contributed by atoms with Gasteiger partial charge in [-0.1, -0.05) is 13.8 Å². The standard InChI is InChI=1S/C17H18N2O4/c1-10(2)14-9-16(20)11(3)8-15(14)18-17(21)12-4-6-13(7-5-12)19(22)23/h4-10,20H,1-3H3,(H,18,21). The van der Waals surface area contributed by atoms with E-state index in [1.165, 1.54) is 24.3 Å². The number of amides is 1. The molecule has 0 spiro atoms. The van der Waals surface area contributed by atoms with Crippen molar-refractivity contribution in [1.29, 1.82) is 0 Å². The molecule has 0 unspecified atom stereocenters. The third-order valence-corrected chi connectivity index (χ3v) is 3.58. The van der Waals surface area contributed by atoms with Crippen molar-refractivity contribution < 1.29 is 14.8 Å². The maximum Gasteiger partial charge on any atom is 0.269 e. The molecule has 6 nitrogen and oxygen atoms in total. The number of phenols is 1. The van der Waals surface area contributed by atoms with Crippen LogP contribution in [-0.2, 0) is 0 Å². The molecular formula is C17H18N2O4. The zero-order chi connectivity index (χ0) is 17.1. The number of nitrogens with zero attached hydrogens (tertiary/aromatic N) is 1. The normalized spacial score (nSPS) is 10.6. The zero-order valence-electron chi connectivity index (χ0n) is 13.2. The van der Waals surface area contributed by atoms with Crippen molar-refractivity contribution in [1.82, 2.24) is 0 Å². The van der Waals surface area contributed by atoms with Crippen LogP contribution in [0.2, 0.25) is 0 Å². The average molecular weight is 314 g/mol. The second kappa shape index (κ2) is 6.48. The summed E-state index contributed by atoms with van der Waals surface area (Å²) in [4.78, 5) is 22.5. The highest BCUT2D eigenvalue weighted by Gasteiger charge is 2.14. The molecule has 2 N–H and O–H groups in total. The molecule has 1 amide bonds. The number of benzene rings is 2. The number of anilines is 1. The van der Waals surface area contributed by atoms with E-state index in [0.717, 1.165) is 5.56 Å². The molecule has 0 aliphatic rings. The van der Waals surface area contributed by atoms with E-state index in [-0.39, 0.29) is 23.3 Å². The molecule has 0 radical (unpaired) electrons. The number of nitrogens with one attached hydrogen (secondary N) is 1. The maximum absolute atomic E-state index is 12.3. The molecule has 2 aromatic rings. The second-order valence-electron chi connectivity index (χ2n) is 5.64. The molecule has 2 rings (SSSR count). The van der Waals surface area contributed by atoms with Gasteiger partial charge in [0.05, 0.1) is 4.92 Å². The molecule has 120 valence electrons. The molecule has 0 saturated carbocycles. The van der Waals surface area contributed by atoms with Gasteiger partial charge in [0.2, 0.25) is 0 Å². The summed E-state index contributed by atoms with van der Waals surface area (Å²) in [5, 5.41) is 23.3. The lowest BCUT2D eigenvalue weighted by Crippen LogP contribution is -2.14. The van der Waals surface area contributed by atoms with Gasteiger partial charge in [-0.3, -0.25) is 14.9 Å². The number of aryl methyl sites for hydroxylation is 1. The number of nitro benzene ring substituents is 1. The van der Waals surface area contributed by atoms with Crippen LogP contribution >= 0.6 is 0 Å². The topological polar surface area (TPSA) is 92.5 Å². The smallest absolute Gasteiger partial charge is 0.269 e. The van der Waals surface area contributed by atoms with Gasteiger partial charge in [0.25, 0.3) is 11.6 Å². The summed E-state index contributed by atoms with van der Waals surface area (Å²) in [5.41, 5.74) is 2.37. The van der Waals surface area contributed by atoms with Crippen molar-refractivity contribution in [2.24, 2.45) is 0 Å². The molecule has 0 aliphatic heterocycles. The largest absolute Gasteiger partial charge is 0.508 e. The zero-order valence-corrected chi connectivity index (χ0v) is 13.2. The van der Waals surface area contributed by atoms with E-state index in [2.05, 4.69) is 5.32 Å². The van der Waals surface area contributed by atoms with Crippen molar-refractivity contribution >= 4 is 17.3 Å². The minimum Gasteiger partial charge on any atom is -0.508 e. The van der Waals surface area contributed by atoms with Gasteiger partial charge in [-0.05, 0) is 48.2 Å². The summed E-state index contributed by atoms with van der Waals surface area (Å²) >= 11 is 0. The van der Waals surface area contributed by atoms with Crippen LogP contribution in [0.3, 0.4) is 0 Å². The van der Waals surface area contributed by atoms with Crippen molar-refractivity contribution in [3.63, 3.8) is 0 Å². The van der Waals surface area contributed by atoms with Crippen LogP contribution in [0.25, 0.3) is 0 Å². The Bertz CT molecular complexity index is 752. The summed E-state index contributed by atoms with van der Waals surface area (Å²) < 4.78 is 0. The highest BCUT2D eigenvalue weighted by atomic mass is 16.6. The van der Waals surface area contributed by atoms with Crippen LogP contribution < -0.4 is 5.32 Å². The number of rotatable bonds is 4. The van der Waals surface area contributed by atoms with Gasteiger partial charge in [0.15, 0.2) is 0 Å². The first-order valence-corrected chi connectivity index (χ1v) is 7.19. The Morgan fingerprint density at radius 3 is 2.35 bits per heavy atom. The minimum atomic E-state index is -0.512. The highest BCUT2D eigenvalue weighted by molar-refractivity contribution is 6.04. The lowest BCUT2D eigenvalue weighted by atomic mass is 9.98. The van der Waals surface area contributed by atoms with E-state index >= 15 is 0 Å². The molecule has 0 fully saturated rings. The van der Waals surface area contributed by atoms with Gasteiger partial charge in [0.1, 0.15) is 5.75 Å². The number of phenolic OH excluding ortho intramolecular Hbond substituents is 1. The third kappa shape index (κ3) is 3.66. The number of carbonyl (C=O) groups is 1. The summed E-state index contributed by atoms with van der Waals surface area (Å²) in [7, 11) is 0. The number of nitro groups is 1. The van der Waals surface area contributed by atoms with Gasteiger partial charge >= 0.3 is 0 Å². The fraction of sp³-hybridized carbons (Fsp3) is 0.235. The number of aromatic hydroxyl groups is 1. The molecule has 0 aliphatic carbocycles. The quantitative estimate of drug-likeness (QED) is 0.507. The summed E-state index contributed by atoms with van der Waals surface area (Å²) in [5.74, 6) is -0.0532. The lowest BCUT2D eigenvalue weighted by Gasteiger charge is -2.16. The predicted molar refractivity (Wildman–Crippen MR) is 88.0 cm³/mol. The molecule has 6 heteroatoms. The van der Waals surface area contributed by atoms with Crippen molar-refractivity contribution in [3.8, 4) is 5.75 Å². The number of non-ortho nitro benzene ring substituents is 1. The van der Waals surface area contributed by atoms with Crippen LogP contribution in [0.1, 0.15) is 41.3 Å². The summed E-state index contributed by atoms with van der Waals surface area (Å²) in [6, 6.07) is 8.77. The van der Waals surface area contributed by atoms with E-state index in [4.69, 9.17) is 0 Å². The first kappa shape index (κ1) is 16.5. The second-order valence-corrected chi connectivity index (χ2v) is 5.64. The third-order valence-electron chi connectivity index (χ3n) is 3.58. The Morgan fingerprint density at radius 2 is 1.83 bits per heavy atom. The number of hydrogen-bond acceptors (Lipinski definition) is 4. The van der Waals surface area contributed by atoms with Crippen LogP contribution in [0.4, 0.5) is 11.4 Å². The van der Waals surface area contributed by atoms with E-state index in [9.17, 15) is 20.0 Å². The van der Waals surface area contributed by atoms with Gasteiger partial charge < -0.3 is 10.4 Å². The van der Waals surface area contributed by atoms with Gasteiger partial charge in [-0.15, -0.1) is 0 Å². The van der Waals surface area contributed by atoms with Gasteiger partial charge in [0, 0.05) is 23.4 Å². The van der Waals surface area contributed by atoms with E-state index in [0.29, 0.717) is 16.8 Å². The molecule has 23 heavy (non-hydrogen) atoms. The fourth-order valence-corrected chi connectivity index (χ4v) is 2.23. The first-order chi connectivity index (χ1) is 10.8. The van der Waals surface area contributed by atoms with E-state index < -0.39 is 4.92 Å². The monoisotopic (exact) mass is 314 g/mol. The van der Waals surface area contributed by atoms with Crippen molar-refractivity contribution in [3.05, 3.63) is 63.2 Å². The lowest BCUT2D eigenvalue weighted by molar-refractivity contribution is -0.384. The maximum atomic E-state index is 12.3. The van der Waals surface area contributed by atoms with E-state index in [1.54, 1.807) is 19.1 Å². The van der Waals surface area contributed by atoms with Crippen LogP contribution in [-0.4, -0.2) is 15.9 Å². The molecule has 0 heterocycles. The highest BCUT2D eigenvalue weighted by Crippen LogP contribution is 2.31. The predicted octanol–water partition coefficient (Wildman–Crippen LogP) is 3.98. The summed E-state index contributed by atoms with van der Waals surface area (Å²) in [6.07, 6.45) is 0. The molecule has 0 saturated heterocycles. The Labute approximate surface area is 133 Å². The van der Waals surface area contributed by atoms with Crippen LogP contribution in [0.5, 0.6) is 5.75 Å². The average Bonchev–Trinajstić information content (AvgIpc) is 2.50. The van der Waals surface area contributed by atoms with E-state index in [1.807, 2.05) is 13.8 Å². The fourth-order valence-electron chi connectivity index (χ4n) is 2.23. The van der Waals surface area contributed by atoms with Crippen LogP contribution in [0.15, 0.2) is 36.4 Å².